The normalized spacial score (nSPS) is 23.8. The zero-order valence-electron chi connectivity index (χ0n) is 48.3. The van der Waals surface area contributed by atoms with Gasteiger partial charge >= 0.3 is 20.6 Å². The Morgan fingerprint density at radius 1 is 0.654 bits per heavy atom. The van der Waals surface area contributed by atoms with E-state index in [2.05, 4.69) is 65.8 Å². The molecule has 2 saturated heterocycles. The van der Waals surface area contributed by atoms with E-state index in [-0.39, 0.29) is 144 Å². The number of aliphatic hydroxyl groups is 2. The first kappa shape index (κ1) is 61.7. The number of fused-ring (bicyclic) bond motifs is 6. The molecule has 81 heavy (non-hydrogen) atoms. The third kappa shape index (κ3) is 14.4. The van der Waals surface area contributed by atoms with Crippen molar-refractivity contribution in [3.05, 3.63) is 92.1 Å². The first-order valence-electron chi connectivity index (χ1n) is 28.4. The molecule has 2 N–H and O–H groups in total. The average Bonchev–Trinajstić information content (AvgIpc) is 4.19. The second-order valence-electron chi connectivity index (χ2n) is 23.1. The maximum absolute atomic E-state index is 14.7. The lowest BCUT2D eigenvalue weighted by Crippen LogP contribution is -2.49. The summed E-state index contributed by atoms with van der Waals surface area (Å²) >= 11 is 0. The standard InChI is InChI=1S/C59H82N4O16S2/c1-39(2)14-9-16-41(5)18-11-21-58(7)51(65)34-45-49(78-80(69,70)61-24-28-73-29-25-61)32-43-47(54(45)76-58)36-60(56(43)67)23-13-20-53(75-38-64)63-37-48-44(57(63)68)33-50(79-81(71,72)62-26-30-74-31-27-62)46-35-52(66)59(8,77-55(46)48)22-12-19-42(6)17-10-15-40(3)4/h14-15,18-19,32-33,38,51-53,65-66H,9-13,16-17,20-31,34-37H2,1-8H3/b41-18+,42-19+/t51-,52-,53+,58+,59+/m0/s1. The Morgan fingerprint density at radius 2 is 1.10 bits per heavy atom. The number of morpholine rings is 2. The number of ether oxygens (including phenoxy) is 5. The summed E-state index contributed by atoms with van der Waals surface area (Å²) in [5.41, 5.74) is 4.45. The van der Waals surface area contributed by atoms with Gasteiger partial charge in [0.05, 0.1) is 62.9 Å². The lowest BCUT2D eigenvalue weighted by Gasteiger charge is -2.41. The molecule has 0 saturated carbocycles. The van der Waals surface area contributed by atoms with Crippen LogP contribution in [-0.2, 0) is 65.5 Å². The number of benzene rings is 2. The highest BCUT2D eigenvalue weighted by molar-refractivity contribution is 7.85. The summed E-state index contributed by atoms with van der Waals surface area (Å²) in [7, 11) is -8.76. The lowest BCUT2D eigenvalue weighted by molar-refractivity contribution is -0.141. The van der Waals surface area contributed by atoms with Crippen molar-refractivity contribution in [2.75, 3.05) is 59.2 Å². The molecule has 0 spiro atoms. The van der Waals surface area contributed by atoms with Crippen molar-refractivity contribution in [1.82, 2.24) is 18.4 Å². The Morgan fingerprint density at radius 3 is 1.54 bits per heavy atom. The molecule has 0 aromatic heterocycles. The smallest absolute Gasteiger partial charge is 0.385 e. The largest absolute Gasteiger partial charge is 0.484 e. The van der Waals surface area contributed by atoms with Crippen LogP contribution in [0.2, 0.25) is 0 Å². The summed E-state index contributed by atoms with van der Waals surface area (Å²) in [4.78, 5) is 44.3. The number of rotatable bonds is 25. The minimum atomic E-state index is -4.40. The van der Waals surface area contributed by atoms with Crippen LogP contribution in [-0.4, -0.2) is 153 Å². The highest BCUT2D eigenvalue weighted by atomic mass is 32.2. The fourth-order valence-electron chi connectivity index (χ4n) is 11.3. The van der Waals surface area contributed by atoms with Crippen LogP contribution in [0.1, 0.15) is 163 Å². The second kappa shape index (κ2) is 26.1. The van der Waals surface area contributed by atoms with Crippen molar-refractivity contribution in [3.8, 4) is 23.0 Å². The predicted octanol–water partition coefficient (Wildman–Crippen LogP) is 7.54. The van der Waals surface area contributed by atoms with E-state index in [9.17, 15) is 41.4 Å². The van der Waals surface area contributed by atoms with E-state index in [0.717, 1.165) is 30.0 Å². The molecule has 0 aliphatic carbocycles. The van der Waals surface area contributed by atoms with Gasteiger partial charge in [0.1, 0.15) is 22.7 Å². The van der Waals surface area contributed by atoms with Gasteiger partial charge in [0.15, 0.2) is 17.7 Å². The molecule has 2 fully saturated rings. The molecule has 2 aromatic rings. The summed E-state index contributed by atoms with van der Waals surface area (Å²) in [6, 6.07) is 2.76. The van der Waals surface area contributed by atoms with Gasteiger partial charge in [-0.1, -0.05) is 46.6 Å². The predicted molar refractivity (Wildman–Crippen MR) is 302 cm³/mol. The summed E-state index contributed by atoms with van der Waals surface area (Å²) in [5.74, 6) is -0.770. The van der Waals surface area contributed by atoms with Gasteiger partial charge in [-0.3, -0.25) is 19.3 Å². The Labute approximate surface area is 478 Å². The zero-order valence-corrected chi connectivity index (χ0v) is 49.9. The van der Waals surface area contributed by atoms with Crippen LogP contribution in [0.5, 0.6) is 23.0 Å². The first-order valence-corrected chi connectivity index (χ1v) is 31.1. The molecule has 22 heteroatoms. The van der Waals surface area contributed by atoms with Gasteiger partial charge in [-0.25, -0.2) is 0 Å². The minimum Gasteiger partial charge on any atom is -0.484 e. The number of hydrogen-bond donors (Lipinski definition) is 2. The third-order valence-electron chi connectivity index (χ3n) is 16.3. The van der Waals surface area contributed by atoms with Crippen molar-refractivity contribution < 1.29 is 73.5 Å². The summed E-state index contributed by atoms with van der Waals surface area (Å²) < 4.78 is 98.9. The first-order chi connectivity index (χ1) is 38.4. The molecule has 6 heterocycles. The number of amides is 2. The molecule has 8 rings (SSSR count). The number of hydrogen-bond acceptors (Lipinski definition) is 16. The van der Waals surface area contributed by atoms with E-state index in [1.807, 2.05) is 6.92 Å². The SMILES string of the molecule is CC(C)=CCC/C(C)=C/CC[C@@]1(C)Oc2c(c(OS(=O)(=O)N3CCOCC3)cc3c2CN(CCC[C@@H](OC=O)N2Cc4c(cc(OS(=O)(=O)N5CCOCC5)c5c4O[C@](C)(CC/C=C(\C)CCC=C(C)C)[C@@H](O)C5)C2=O)C3=O)C[C@@H]1O. The molecule has 0 radical (unpaired) electrons. The number of aliphatic hydroxyl groups excluding tert-OH is 2. The Balaban J connectivity index is 1.03. The summed E-state index contributed by atoms with van der Waals surface area (Å²) in [6.07, 6.45) is 11.2. The maximum Gasteiger partial charge on any atom is 0.385 e. The van der Waals surface area contributed by atoms with Crippen molar-refractivity contribution in [2.45, 2.75) is 175 Å². The monoisotopic (exact) mass is 1170 g/mol. The molecule has 6 aliphatic heterocycles. The fraction of sp³-hybridized carbons (Fsp3) is 0.610. The second-order valence-corrected chi connectivity index (χ2v) is 26.2. The van der Waals surface area contributed by atoms with Gasteiger partial charge in [0.25, 0.3) is 18.3 Å². The maximum atomic E-state index is 14.7. The van der Waals surface area contributed by atoms with E-state index in [4.69, 9.17) is 32.1 Å². The summed E-state index contributed by atoms with van der Waals surface area (Å²) in [6.45, 7) is 17.3. The van der Waals surface area contributed by atoms with E-state index >= 15 is 0 Å². The molecule has 446 valence electrons. The van der Waals surface area contributed by atoms with Gasteiger partial charge in [-0.15, -0.1) is 0 Å². The molecule has 5 atom stereocenters. The highest BCUT2D eigenvalue weighted by Gasteiger charge is 2.48. The molecule has 2 aromatic carbocycles. The van der Waals surface area contributed by atoms with Crippen LogP contribution < -0.4 is 17.8 Å². The van der Waals surface area contributed by atoms with Crippen molar-refractivity contribution >= 4 is 38.9 Å². The Kier molecular flexibility index (Phi) is 19.9. The molecule has 20 nitrogen and oxygen atoms in total. The molecular weight excluding hydrogens is 1080 g/mol. The lowest BCUT2D eigenvalue weighted by atomic mass is 9.84. The Hall–Kier alpha value is -5.33. The number of carbonyl (C=O) groups is 3. The van der Waals surface area contributed by atoms with Crippen molar-refractivity contribution in [2.24, 2.45) is 0 Å². The van der Waals surface area contributed by atoms with Crippen LogP contribution in [0, 0.1) is 0 Å². The van der Waals surface area contributed by atoms with Crippen LogP contribution >= 0.6 is 0 Å². The highest BCUT2D eigenvalue weighted by Crippen LogP contribution is 2.50. The van der Waals surface area contributed by atoms with Gasteiger partial charge in [-0.2, -0.15) is 25.4 Å². The zero-order chi connectivity index (χ0) is 58.4. The molecule has 0 bridgehead atoms. The Bertz CT molecular complexity index is 3030. The quantitative estimate of drug-likeness (QED) is 0.0721. The van der Waals surface area contributed by atoms with Gasteiger partial charge < -0.3 is 47.2 Å². The molecule has 6 aliphatic rings. The fourth-order valence-corrected chi connectivity index (χ4v) is 13.5. The average molecular weight is 1170 g/mol. The van der Waals surface area contributed by atoms with E-state index in [1.165, 1.54) is 43.6 Å². The summed E-state index contributed by atoms with van der Waals surface area (Å²) in [5, 5.41) is 23.5. The topological polar surface area (TPSA) is 238 Å². The molecule has 0 unspecified atom stereocenters. The van der Waals surface area contributed by atoms with E-state index in [0.29, 0.717) is 42.4 Å². The van der Waals surface area contributed by atoms with Gasteiger partial charge in [0, 0.05) is 74.2 Å². The van der Waals surface area contributed by atoms with Crippen LogP contribution in [0.3, 0.4) is 0 Å². The number of allylic oxidation sites excluding steroid dienone is 8. The van der Waals surface area contributed by atoms with Crippen LogP contribution in [0.15, 0.2) is 58.7 Å². The van der Waals surface area contributed by atoms with Crippen LogP contribution in [0.4, 0.5) is 0 Å². The molecule has 2 amide bonds. The molecular formula is C59H82N4O16S2. The van der Waals surface area contributed by atoms with Gasteiger partial charge in [0.2, 0.25) is 0 Å². The van der Waals surface area contributed by atoms with E-state index < -0.39 is 62.1 Å². The number of nitrogens with zero attached hydrogens (tertiary/aromatic N) is 4. The van der Waals surface area contributed by atoms with Crippen molar-refractivity contribution in [3.63, 3.8) is 0 Å². The van der Waals surface area contributed by atoms with Gasteiger partial charge in [-0.05, 0) is 125 Å². The third-order valence-corrected chi connectivity index (χ3v) is 19.1. The van der Waals surface area contributed by atoms with Crippen molar-refractivity contribution in [1.29, 1.82) is 0 Å². The minimum absolute atomic E-state index is 0.00105. The van der Waals surface area contributed by atoms with Crippen LogP contribution in [0.25, 0.3) is 0 Å². The number of carbonyl (C=O) groups excluding carboxylic acids is 3. The van der Waals surface area contributed by atoms with E-state index in [1.54, 1.807) is 11.8 Å².